The average Bonchev–Trinajstić information content (AvgIpc) is 2.43. The van der Waals surface area contributed by atoms with Crippen LogP contribution < -0.4 is 9.47 Å². The maximum absolute atomic E-state index is 9.81. The minimum absolute atomic E-state index is 0.185. The first kappa shape index (κ1) is 15.8. The molecule has 4 heteroatoms. The molecule has 1 rings (SSSR count). The lowest BCUT2D eigenvalue weighted by molar-refractivity contribution is 0.0215. The van der Waals surface area contributed by atoms with Crippen molar-refractivity contribution in [2.75, 3.05) is 14.2 Å². The van der Waals surface area contributed by atoms with Crippen molar-refractivity contribution in [3.63, 3.8) is 0 Å². The quantitative estimate of drug-likeness (QED) is 0.797. The van der Waals surface area contributed by atoms with Crippen LogP contribution in [-0.4, -0.2) is 36.6 Å². The van der Waals surface area contributed by atoms with Crippen molar-refractivity contribution in [2.45, 2.75) is 44.8 Å². The Morgan fingerprint density at radius 1 is 1.11 bits per heavy atom. The molecule has 0 aromatic heterocycles. The van der Waals surface area contributed by atoms with Crippen molar-refractivity contribution in [3.05, 3.63) is 23.8 Å². The van der Waals surface area contributed by atoms with Gasteiger partial charge in [0.1, 0.15) is 0 Å². The number of aliphatic hydroxyl groups is 2. The van der Waals surface area contributed by atoms with Gasteiger partial charge in [-0.05, 0) is 43.4 Å². The molecule has 0 heterocycles. The van der Waals surface area contributed by atoms with Crippen molar-refractivity contribution in [1.29, 1.82) is 0 Å². The van der Waals surface area contributed by atoms with Crippen LogP contribution in [0.25, 0.3) is 0 Å². The lowest BCUT2D eigenvalue weighted by atomic mass is 9.89. The third-order valence-electron chi connectivity index (χ3n) is 3.45. The number of benzene rings is 1. The molecular formula is C15H24O4. The van der Waals surface area contributed by atoms with Gasteiger partial charge in [0.05, 0.1) is 26.4 Å². The number of aliphatic hydroxyl groups excluding tert-OH is 2. The highest BCUT2D eigenvalue weighted by atomic mass is 16.5. The molecule has 0 fully saturated rings. The number of hydrogen-bond acceptors (Lipinski definition) is 4. The number of methoxy groups -OCH3 is 2. The monoisotopic (exact) mass is 268 g/mol. The normalized spacial score (nSPS) is 15.7. The Kier molecular flexibility index (Phi) is 6.12. The Morgan fingerprint density at radius 3 is 2.21 bits per heavy atom. The highest BCUT2D eigenvalue weighted by molar-refractivity contribution is 5.43. The van der Waals surface area contributed by atoms with Crippen molar-refractivity contribution in [3.8, 4) is 11.5 Å². The summed E-state index contributed by atoms with van der Waals surface area (Å²) < 4.78 is 10.5. The maximum atomic E-state index is 9.81. The van der Waals surface area contributed by atoms with E-state index in [0.717, 1.165) is 12.0 Å². The molecule has 108 valence electrons. The van der Waals surface area contributed by atoms with Crippen LogP contribution in [-0.2, 0) is 0 Å². The number of hydrogen-bond donors (Lipinski definition) is 2. The van der Waals surface area contributed by atoms with E-state index in [1.54, 1.807) is 21.1 Å². The van der Waals surface area contributed by atoms with Gasteiger partial charge in [0, 0.05) is 0 Å². The van der Waals surface area contributed by atoms with E-state index in [-0.39, 0.29) is 5.92 Å². The molecule has 0 saturated carbocycles. The van der Waals surface area contributed by atoms with Crippen molar-refractivity contribution < 1.29 is 19.7 Å². The first-order chi connectivity index (χ1) is 9.03. The third-order valence-corrected chi connectivity index (χ3v) is 3.45. The van der Waals surface area contributed by atoms with Gasteiger partial charge in [0.15, 0.2) is 11.5 Å². The van der Waals surface area contributed by atoms with Crippen molar-refractivity contribution in [2.24, 2.45) is 0 Å². The van der Waals surface area contributed by atoms with Crippen LogP contribution in [0.3, 0.4) is 0 Å². The van der Waals surface area contributed by atoms with E-state index in [0.29, 0.717) is 17.9 Å². The van der Waals surface area contributed by atoms with Crippen LogP contribution in [0.15, 0.2) is 18.2 Å². The van der Waals surface area contributed by atoms with Crippen LogP contribution in [0.2, 0.25) is 0 Å². The fourth-order valence-electron chi connectivity index (χ4n) is 2.13. The van der Waals surface area contributed by atoms with Gasteiger partial charge in [-0.25, -0.2) is 0 Å². The molecule has 0 aliphatic heterocycles. The third kappa shape index (κ3) is 4.11. The highest BCUT2D eigenvalue weighted by Gasteiger charge is 2.19. The van der Waals surface area contributed by atoms with E-state index < -0.39 is 12.2 Å². The minimum Gasteiger partial charge on any atom is -0.493 e. The molecule has 2 N–H and O–H groups in total. The predicted molar refractivity (Wildman–Crippen MR) is 74.9 cm³/mol. The first-order valence-corrected chi connectivity index (χ1v) is 6.61. The van der Waals surface area contributed by atoms with E-state index in [1.165, 1.54) is 0 Å². The Bertz CT molecular complexity index is 390. The smallest absolute Gasteiger partial charge is 0.160 e. The van der Waals surface area contributed by atoms with Gasteiger partial charge in [-0.3, -0.25) is 0 Å². The Balaban J connectivity index is 2.92. The SMILES string of the molecule is CCC(CC(O)C(C)O)c1ccc(OC)c(OC)c1. The predicted octanol–water partition coefficient (Wildman–Crippen LogP) is 2.33. The van der Waals surface area contributed by atoms with Crippen molar-refractivity contribution >= 4 is 0 Å². The van der Waals surface area contributed by atoms with E-state index in [2.05, 4.69) is 6.92 Å². The molecule has 0 aliphatic carbocycles. The summed E-state index contributed by atoms with van der Waals surface area (Å²) in [4.78, 5) is 0. The molecule has 3 unspecified atom stereocenters. The molecule has 0 saturated heterocycles. The summed E-state index contributed by atoms with van der Waals surface area (Å²) in [5.74, 6) is 1.56. The fraction of sp³-hybridized carbons (Fsp3) is 0.600. The topological polar surface area (TPSA) is 58.9 Å². The van der Waals surface area contributed by atoms with Gasteiger partial charge in [-0.2, -0.15) is 0 Å². The molecule has 1 aromatic carbocycles. The van der Waals surface area contributed by atoms with Gasteiger partial charge in [-0.15, -0.1) is 0 Å². The second kappa shape index (κ2) is 7.36. The van der Waals surface area contributed by atoms with Crippen LogP contribution in [0.4, 0.5) is 0 Å². The number of rotatable bonds is 7. The molecule has 0 bridgehead atoms. The highest BCUT2D eigenvalue weighted by Crippen LogP contribution is 2.33. The molecular weight excluding hydrogens is 244 g/mol. The summed E-state index contributed by atoms with van der Waals surface area (Å²) in [6.07, 6.45) is -0.00430. The molecule has 0 aliphatic rings. The Labute approximate surface area is 115 Å². The molecule has 0 radical (unpaired) electrons. The van der Waals surface area contributed by atoms with Gasteiger partial charge in [0.25, 0.3) is 0 Å². The van der Waals surface area contributed by atoms with Crippen LogP contribution >= 0.6 is 0 Å². The Hall–Kier alpha value is -1.26. The van der Waals surface area contributed by atoms with Crippen LogP contribution in [0.1, 0.15) is 38.2 Å². The average molecular weight is 268 g/mol. The molecule has 1 aromatic rings. The minimum atomic E-state index is -0.714. The van der Waals surface area contributed by atoms with E-state index >= 15 is 0 Å². The van der Waals surface area contributed by atoms with E-state index in [4.69, 9.17) is 9.47 Å². The fourth-order valence-corrected chi connectivity index (χ4v) is 2.13. The zero-order chi connectivity index (χ0) is 14.4. The Morgan fingerprint density at radius 2 is 1.74 bits per heavy atom. The van der Waals surface area contributed by atoms with Gasteiger partial charge in [0.2, 0.25) is 0 Å². The summed E-state index contributed by atoms with van der Waals surface area (Å²) in [6.45, 7) is 3.67. The van der Waals surface area contributed by atoms with E-state index in [1.807, 2.05) is 18.2 Å². The zero-order valence-corrected chi connectivity index (χ0v) is 12.1. The molecule has 19 heavy (non-hydrogen) atoms. The van der Waals surface area contributed by atoms with E-state index in [9.17, 15) is 10.2 Å². The lowest BCUT2D eigenvalue weighted by Crippen LogP contribution is -2.24. The first-order valence-electron chi connectivity index (χ1n) is 6.61. The second-order valence-corrected chi connectivity index (χ2v) is 4.76. The van der Waals surface area contributed by atoms with Crippen LogP contribution in [0.5, 0.6) is 11.5 Å². The summed E-state index contributed by atoms with van der Waals surface area (Å²) in [5.41, 5.74) is 1.08. The lowest BCUT2D eigenvalue weighted by Gasteiger charge is -2.22. The second-order valence-electron chi connectivity index (χ2n) is 4.76. The van der Waals surface area contributed by atoms with Gasteiger partial charge >= 0.3 is 0 Å². The summed E-state index contributed by atoms with van der Waals surface area (Å²) >= 11 is 0. The van der Waals surface area contributed by atoms with Crippen molar-refractivity contribution in [1.82, 2.24) is 0 Å². The molecule has 0 amide bonds. The van der Waals surface area contributed by atoms with Crippen LogP contribution in [0, 0.1) is 0 Å². The molecule has 4 nitrogen and oxygen atoms in total. The summed E-state index contributed by atoms with van der Waals surface area (Å²) in [6, 6.07) is 5.78. The number of ether oxygens (including phenoxy) is 2. The summed E-state index contributed by atoms with van der Waals surface area (Å²) in [7, 11) is 3.21. The summed E-state index contributed by atoms with van der Waals surface area (Å²) in [5, 5.41) is 19.2. The largest absolute Gasteiger partial charge is 0.493 e. The standard InChI is InChI=1S/C15H24O4/c1-5-11(8-13(17)10(2)16)12-6-7-14(18-3)15(9-12)19-4/h6-7,9-11,13,16-17H,5,8H2,1-4H3. The zero-order valence-electron chi connectivity index (χ0n) is 12.1. The van der Waals surface area contributed by atoms with Gasteiger partial charge in [-0.1, -0.05) is 13.0 Å². The molecule has 3 atom stereocenters. The molecule has 0 spiro atoms. The maximum Gasteiger partial charge on any atom is 0.160 e. The van der Waals surface area contributed by atoms with Gasteiger partial charge < -0.3 is 19.7 Å².